The molecule has 0 saturated heterocycles. The Morgan fingerprint density at radius 3 is 2.61 bits per heavy atom. The molecule has 11 heteroatoms. The predicted octanol–water partition coefficient (Wildman–Crippen LogP) is 1.66. The summed E-state index contributed by atoms with van der Waals surface area (Å²) in [7, 11) is -2.48. The quantitative estimate of drug-likeness (QED) is 0.315. The number of hydrogen-bond acceptors (Lipinski definition) is 5. The number of imidazole rings is 1. The van der Waals surface area contributed by atoms with Gasteiger partial charge in [0.05, 0.1) is 7.11 Å². The molecule has 1 aromatic carbocycles. The number of ether oxygens (including phenoxy) is 1. The zero-order valence-electron chi connectivity index (χ0n) is 17.6. The summed E-state index contributed by atoms with van der Waals surface area (Å²) in [5.74, 6) is 1.35. The molecule has 31 heavy (non-hydrogen) atoms. The van der Waals surface area contributed by atoms with Gasteiger partial charge in [-0.1, -0.05) is 12.1 Å². The summed E-state index contributed by atoms with van der Waals surface area (Å²) in [5.41, 5.74) is 0.699. The van der Waals surface area contributed by atoms with E-state index in [0.29, 0.717) is 25.1 Å². The number of nitrogens with zero attached hydrogens (tertiary/aromatic N) is 3. The molecule has 0 spiro atoms. The summed E-state index contributed by atoms with van der Waals surface area (Å²) in [6.07, 6.45) is 1.61. The van der Waals surface area contributed by atoms with E-state index < -0.39 is 18.8 Å². The van der Waals surface area contributed by atoms with Crippen molar-refractivity contribution in [1.29, 1.82) is 0 Å². The zero-order valence-corrected chi connectivity index (χ0v) is 18.5. The summed E-state index contributed by atoms with van der Waals surface area (Å²) in [6, 6.07) is 7.68. The van der Waals surface area contributed by atoms with Crippen molar-refractivity contribution >= 4 is 18.8 Å². The Morgan fingerprint density at radius 2 is 1.94 bits per heavy atom. The Bertz CT molecular complexity index is 1220. The maximum Gasteiger partial charge on any atom is 0.332 e. The molecule has 2 heterocycles. The highest BCUT2D eigenvalue weighted by atomic mass is 31.2. The number of nitrogens with one attached hydrogen (secondary N) is 1. The molecule has 0 unspecified atom stereocenters. The van der Waals surface area contributed by atoms with E-state index in [9.17, 15) is 14.2 Å². The van der Waals surface area contributed by atoms with Gasteiger partial charge in [0.15, 0.2) is 5.65 Å². The summed E-state index contributed by atoms with van der Waals surface area (Å²) < 4.78 is 18.8. The fourth-order valence-electron chi connectivity index (χ4n) is 3.49. The molecule has 0 aliphatic rings. The lowest BCUT2D eigenvalue weighted by atomic mass is 10.1. The monoisotopic (exact) mass is 450 g/mol. The van der Waals surface area contributed by atoms with Crippen molar-refractivity contribution < 1.29 is 19.1 Å². The first-order valence-corrected chi connectivity index (χ1v) is 11.9. The van der Waals surface area contributed by atoms with Crippen molar-refractivity contribution in [2.24, 2.45) is 0 Å². The van der Waals surface area contributed by atoms with Gasteiger partial charge in [0, 0.05) is 25.7 Å². The van der Waals surface area contributed by atoms with Gasteiger partial charge in [-0.3, -0.25) is 18.5 Å². The molecule has 0 saturated carbocycles. The van der Waals surface area contributed by atoms with Crippen LogP contribution in [0, 0.1) is 0 Å². The molecule has 0 bridgehead atoms. The van der Waals surface area contributed by atoms with Crippen molar-refractivity contribution in [2.75, 3.05) is 13.3 Å². The van der Waals surface area contributed by atoms with Gasteiger partial charge in [-0.25, -0.2) is 9.78 Å². The van der Waals surface area contributed by atoms with Crippen LogP contribution in [-0.4, -0.2) is 42.2 Å². The van der Waals surface area contributed by atoms with E-state index in [1.165, 1.54) is 4.57 Å². The highest BCUT2D eigenvalue weighted by Crippen LogP contribution is 2.35. The van der Waals surface area contributed by atoms with Gasteiger partial charge in [-0.15, -0.1) is 0 Å². The first-order valence-electron chi connectivity index (χ1n) is 10.1. The Kier molecular flexibility index (Phi) is 7.15. The van der Waals surface area contributed by atoms with Crippen LogP contribution in [0.1, 0.15) is 31.2 Å². The van der Waals surface area contributed by atoms with E-state index in [1.807, 2.05) is 24.3 Å². The third-order valence-electron chi connectivity index (χ3n) is 5.09. The lowest BCUT2D eigenvalue weighted by Crippen LogP contribution is -2.39. The fourth-order valence-corrected chi connectivity index (χ4v) is 4.13. The van der Waals surface area contributed by atoms with Gasteiger partial charge in [0.1, 0.15) is 17.1 Å². The van der Waals surface area contributed by atoms with E-state index in [4.69, 9.17) is 14.5 Å². The Hall–Kier alpha value is -2.68. The van der Waals surface area contributed by atoms with Gasteiger partial charge >= 0.3 is 13.3 Å². The zero-order chi connectivity index (χ0) is 22.6. The minimum absolute atomic E-state index is 0.217. The van der Waals surface area contributed by atoms with Crippen LogP contribution in [0.3, 0.4) is 0 Å². The number of rotatable bonds is 10. The topological polar surface area (TPSA) is 139 Å². The molecule has 0 amide bonds. The summed E-state index contributed by atoms with van der Waals surface area (Å²) in [4.78, 5) is 51.1. The van der Waals surface area contributed by atoms with Crippen LogP contribution in [0.4, 0.5) is 0 Å². The van der Waals surface area contributed by atoms with Crippen LogP contribution in [0.5, 0.6) is 5.75 Å². The molecule has 3 rings (SSSR count). The average Bonchev–Trinajstić information content (AvgIpc) is 3.16. The highest BCUT2D eigenvalue weighted by Gasteiger charge is 2.17. The van der Waals surface area contributed by atoms with Crippen LogP contribution in [0.15, 0.2) is 33.9 Å². The van der Waals surface area contributed by atoms with E-state index >= 15 is 0 Å². The van der Waals surface area contributed by atoms with E-state index in [2.05, 4.69) is 9.97 Å². The smallest absolute Gasteiger partial charge is 0.332 e. The molecule has 0 fully saturated rings. The van der Waals surface area contributed by atoms with Crippen molar-refractivity contribution in [1.82, 2.24) is 19.1 Å². The van der Waals surface area contributed by atoms with Gasteiger partial charge in [0.2, 0.25) is 0 Å². The molecule has 3 aromatic rings. The van der Waals surface area contributed by atoms with Crippen molar-refractivity contribution in [3.05, 3.63) is 56.5 Å². The maximum absolute atomic E-state index is 12.8. The Balaban J connectivity index is 1.88. The number of benzene rings is 1. The van der Waals surface area contributed by atoms with Crippen molar-refractivity contribution in [2.45, 2.75) is 45.7 Å². The van der Waals surface area contributed by atoms with Crippen LogP contribution in [-0.2, 0) is 30.5 Å². The molecule has 0 aliphatic carbocycles. The first-order chi connectivity index (χ1) is 14.7. The molecule has 168 valence electrons. The van der Waals surface area contributed by atoms with Crippen LogP contribution >= 0.6 is 7.60 Å². The summed E-state index contributed by atoms with van der Waals surface area (Å²) >= 11 is 0. The SMILES string of the molecule is CCn1c(=O)c2[nH]c(CCc3cccc(OC)c3)nc2n(CCCCP(=O)(O)O)c1=O. The molecule has 0 radical (unpaired) electrons. The molecule has 0 aliphatic heterocycles. The van der Waals surface area contributed by atoms with Gasteiger partial charge < -0.3 is 19.5 Å². The summed E-state index contributed by atoms with van der Waals surface area (Å²) in [6.45, 7) is 2.15. The van der Waals surface area contributed by atoms with E-state index in [0.717, 1.165) is 15.9 Å². The van der Waals surface area contributed by atoms with E-state index in [1.54, 1.807) is 14.0 Å². The van der Waals surface area contributed by atoms with Gasteiger partial charge in [0.25, 0.3) is 5.56 Å². The van der Waals surface area contributed by atoms with Crippen LogP contribution < -0.4 is 16.0 Å². The molecule has 2 aromatic heterocycles. The minimum Gasteiger partial charge on any atom is -0.497 e. The summed E-state index contributed by atoms with van der Waals surface area (Å²) in [5, 5.41) is 0. The maximum atomic E-state index is 12.8. The lowest BCUT2D eigenvalue weighted by Gasteiger charge is -2.10. The molecule has 10 nitrogen and oxygen atoms in total. The second-order valence-electron chi connectivity index (χ2n) is 7.31. The number of aryl methyl sites for hydroxylation is 3. The van der Waals surface area contributed by atoms with Crippen LogP contribution in [0.2, 0.25) is 0 Å². The molecule has 0 atom stereocenters. The number of aromatic amines is 1. The van der Waals surface area contributed by atoms with Crippen molar-refractivity contribution in [3.8, 4) is 5.75 Å². The first kappa shape index (κ1) is 23.0. The molecule has 3 N–H and O–H groups in total. The third-order valence-corrected chi connectivity index (χ3v) is 5.99. The molecular weight excluding hydrogens is 423 g/mol. The van der Waals surface area contributed by atoms with Crippen molar-refractivity contribution in [3.63, 3.8) is 0 Å². The van der Waals surface area contributed by atoms with Crippen LogP contribution in [0.25, 0.3) is 11.2 Å². The standard InChI is InChI=1S/C20H27N4O6P/c1-3-23-19(25)17-18(24(20(23)26)11-4-5-12-31(27,28)29)22-16(21-17)10-9-14-7-6-8-15(13-14)30-2/h6-8,13H,3-5,9-12H2,1-2H3,(H,21,22)(H2,27,28,29). The largest absolute Gasteiger partial charge is 0.497 e. The highest BCUT2D eigenvalue weighted by molar-refractivity contribution is 7.51. The van der Waals surface area contributed by atoms with Gasteiger partial charge in [-0.05, 0) is 43.9 Å². The third kappa shape index (κ3) is 5.52. The fraction of sp³-hybridized carbons (Fsp3) is 0.450. The normalized spacial score (nSPS) is 11.9. The number of fused-ring (bicyclic) bond motifs is 1. The predicted molar refractivity (Wildman–Crippen MR) is 117 cm³/mol. The number of hydrogen-bond donors (Lipinski definition) is 3. The van der Waals surface area contributed by atoms with Gasteiger partial charge in [-0.2, -0.15) is 0 Å². The second-order valence-corrected chi connectivity index (χ2v) is 9.09. The minimum atomic E-state index is -4.08. The Labute approximate surface area is 178 Å². The number of H-pyrrole nitrogens is 1. The number of methoxy groups -OCH3 is 1. The number of unbranched alkanes of at least 4 members (excludes halogenated alkanes) is 1. The Morgan fingerprint density at radius 1 is 1.16 bits per heavy atom. The number of aromatic nitrogens is 4. The molecular formula is C20H27N4O6P. The average molecular weight is 450 g/mol. The van der Waals surface area contributed by atoms with E-state index in [-0.39, 0.29) is 36.8 Å². The second kappa shape index (κ2) is 9.64. The lowest BCUT2D eigenvalue weighted by molar-refractivity contribution is 0.370.